The van der Waals surface area contributed by atoms with Crippen molar-refractivity contribution in [3.05, 3.63) is 35.9 Å². The van der Waals surface area contributed by atoms with Crippen LogP contribution in [0.25, 0.3) is 6.08 Å². The average Bonchev–Trinajstić information content (AvgIpc) is 3.01. The summed E-state index contributed by atoms with van der Waals surface area (Å²) in [6.45, 7) is 6.69. The van der Waals surface area contributed by atoms with Gasteiger partial charge in [-0.1, -0.05) is 12.1 Å². The van der Waals surface area contributed by atoms with Crippen molar-refractivity contribution >= 4 is 18.1 Å². The molecule has 1 aromatic rings. The van der Waals surface area contributed by atoms with Crippen LogP contribution in [0.2, 0.25) is 0 Å². The largest absolute Gasteiger partial charge is 0.489 e. The van der Waals surface area contributed by atoms with Crippen LogP contribution in [0.4, 0.5) is 4.79 Å². The Morgan fingerprint density at radius 3 is 2.48 bits per heavy atom. The third kappa shape index (κ3) is 6.14. The number of nitrogens with zero attached hydrogens (tertiary/aromatic N) is 1. The maximum absolute atomic E-state index is 12.1. The van der Waals surface area contributed by atoms with Gasteiger partial charge in [0.15, 0.2) is 0 Å². The molecule has 0 aromatic heterocycles. The maximum Gasteiger partial charge on any atom is 0.410 e. The van der Waals surface area contributed by atoms with Gasteiger partial charge in [-0.15, -0.1) is 0 Å². The van der Waals surface area contributed by atoms with E-state index in [2.05, 4.69) is 4.74 Å². The highest BCUT2D eigenvalue weighted by Gasteiger charge is 2.30. The Hall–Kier alpha value is -2.50. The van der Waals surface area contributed by atoms with Crippen LogP contribution in [0, 0.1) is 0 Å². The first-order valence-corrected chi connectivity index (χ1v) is 8.27. The Bertz CT molecular complexity index is 630. The number of benzene rings is 1. The molecule has 136 valence electrons. The van der Waals surface area contributed by atoms with Gasteiger partial charge in [-0.05, 0) is 44.5 Å². The number of amides is 1. The summed E-state index contributed by atoms with van der Waals surface area (Å²) in [7, 11) is 1.34. The molecule has 0 bridgehead atoms. The molecule has 0 spiro atoms. The first-order valence-electron chi connectivity index (χ1n) is 8.27. The third-order valence-corrected chi connectivity index (χ3v) is 3.59. The summed E-state index contributed by atoms with van der Waals surface area (Å²) in [6, 6.07) is 7.39. The molecule has 1 fully saturated rings. The fraction of sp³-hybridized carbons (Fsp3) is 0.474. The second kappa shape index (κ2) is 8.05. The minimum atomic E-state index is -0.496. The molecular formula is C19H25NO5. The molecule has 6 heteroatoms. The Kier molecular flexibility index (Phi) is 6.07. The number of hydrogen-bond acceptors (Lipinski definition) is 5. The molecule has 1 aliphatic heterocycles. The number of likely N-dealkylation sites (tertiary alicyclic amines) is 1. The molecule has 2 rings (SSSR count). The lowest BCUT2D eigenvalue weighted by Crippen LogP contribution is -2.36. The van der Waals surface area contributed by atoms with Gasteiger partial charge in [0.25, 0.3) is 0 Å². The van der Waals surface area contributed by atoms with Crippen LogP contribution in [-0.2, 0) is 14.3 Å². The van der Waals surface area contributed by atoms with Gasteiger partial charge in [0.1, 0.15) is 17.5 Å². The second-order valence-electron chi connectivity index (χ2n) is 6.88. The van der Waals surface area contributed by atoms with Crippen molar-refractivity contribution in [2.75, 3.05) is 20.2 Å². The predicted octanol–water partition coefficient (Wildman–Crippen LogP) is 3.26. The molecule has 0 aliphatic carbocycles. The Labute approximate surface area is 148 Å². The quantitative estimate of drug-likeness (QED) is 0.618. The number of esters is 1. The normalized spacial score (nSPS) is 17.6. The molecule has 1 unspecified atom stereocenters. The molecule has 0 radical (unpaired) electrons. The first kappa shape index (κ1) is 18.8. The van der Waals surface area contributed by atoms with E-state index >= 15 is 0 Å². The van der Waals surface area contributed by atoms with Crippen molar-refractivity contribution in [1.82, 2.24) is 4.90 Å². The minimum Gasteiger partial charge on any atom is -0.489 e. The van der Waals surface area contributed by atoms with Crippen LogP contribution in [0.3, 0.4) is 0 Å². The highest BCUT2D eigenvalue weighted by Crippen LogP contribution is 2.21. The van der Waals surface area contributed by atoms with E-state index in [4.69, 9.17) is 9.47 Å². The van der Waals surface area contributed by atoms with Crippen molar-refractivity contribution in [3.63, 3.8) is 0 Å². The topological polar surface area (TPSA) is 65.1 Å². The summed E-state index contributed by atoms with van der Waals surface area (Å²) in [5.74, 6) is 0.333. The van der Waals surface area contributed by atoms with Crippen LogP contribution in [0.15, 0.2) is 30.3 Å². The van der Waals surface area contributed by atoms with Crippen molar-refractivity contribution in [3.8, 4) is 5.75 Å². The number of methoxy groups -OCH3 is 1. The number of rotatable bonds is 4. The van der Waals surface area contributed by atoms with Gasteiger partial charge in [-0.25, -0.2) is 9.59 Å². The van der Waals surface area contributed by atoms with Gasteiger partial charge >= 0.3 is 12.1 Å². The van der Waals surface area contributed by atoms with Gasteiger partial charge in [0.2, 0.25) is 0 Å². The van der Waals surface area contributed by atoms with E-state index in [-0.39, 0.29) is 12.2 Å². The lowest BCUT2D eigenvalue weighted by atomic mass is 10.2. The molecular weight excluding hydrogens is 322 g/mol. The average molecular weight is 347 g/mol. The summed E-state index contributed by atoms with van der Waals surface area (Å²) >= 11 is 0. The van der Waals surface area contributed by atoms with Crippen LogP contribution in [0.5, 0.6) is 5.75 Å². The van der Waals surface area contributed by atoms with E-state index in [1.165, 1.54) is 13.2 Å². The van der Waals surface area contributed by atoms with Crippen molar-refractivity contribution in [2.24, 2.45) is 0 Å². The SMILES string of the molecule is COC(=O)C=Cc1ccc(OC2CCN(C(=O)OC(C)(C)C)C2)cc1. The van der Waals surface area contributed by atoms with Crippen molar-refractivity contribution < 1.29 is 23.8 Å². The third-order valence-electron chi connectivity index (χ3n) is 3.59. The lowest BCUT2D eigenvalue weighted by molar-refractivity contribution is -0.134. The standard InChI is InChI=1S/C19H25NO5/c1-19(2,3)25-18(22)20-12-11-16(13-20)24-15-8-5-14(6-9-15)7-10-17(21)23-4/h5-10,16H,11-13H2,1-4H3. The van der Waals surface area contributed by atoms with E-state index in [1.54, 1.807) is 11.0 Å². The summed E-state index contributed by atoms with van der Waals surface area (Å²) in [6.07, 6.45) is 3.45. The summed E-state index contributed by atoms with van der Waals surface area (Å²) in [5.41, 5.74) is 0.378. The molecule has 25 heavy (non-hydrogen) atoms. The predicted molar refractivity (Wildman–Crippen MR) is 94.3 cm³/mol. The Morgan fingerprint density at radius 1 is 1.20 bits per heavy atom. The molecule has 6 nitrogen and oxygen atoms in total. The monoisotopic (exact) mass is 347 g/mol. The van der Waals surface area contributed by atoms with E-state index in [0.717, 1.165) is 17.7 Å². The first-order chi connectivity index (χ1) is 11.8. The van der Waals surface area contributed by atoms with Crippen LogP contribution < -0.4 is 4.74 Å². The maximum atomic E-state index is 12.1. The molecule has 1 amide bonds. The number of carbonyl (C=O) groups excluding carboxylic acids is 2. The minimum absolute atomic E-state index is 0.0519. The number of hydrogen-bond donors (Lipinski definition) is 0. The van der Waals surface area contributed by atoms with E-state index in [1.807, 2.05) is 45.0 Å². The number of carbonyl (C=O) groups is 2. The van der Waals surface area contributed by atoms with E-state index in [9.17, 15) is 9.59 Å². The van der Waals surface area contributed by atoms with Gasteiger partial charge < -0.3 is 19.1 Å². The highest BCUT2D eigenvalue weighted by atomic mass is 16.6. The molecule has 1 aromatic carbocycles. The van der Waals surface area contributed by atoms with Gasteiger partial charge in [-0.2, -0.15) is 0 Å². The smallest absolute Gasteiger partial charge is 0.410 e. The second-order valence-corrected chi connectivity index (χ2v) is 6.88. The van der Waals surface area contributed by atoms with Gasteiger partial charge in [0.05, 0.1) is 13.7 Å². The van der Waals surface area contributed by atoms with Crippen molar-refractivity contribution in [2.45, 2.75) is 38.9 Å². The zero-order valence-electron chi connectivity index (χ0n) is 15.2. The van der Waals surface area contributed by atoms with Gasteiger partial charge in [-0.3, -0.25) is 0 Å². The number of ether oxygens (including phenoxy) is 3. The van der Waals surface area contributed by atoms with Gasteiger partial charge in [0, 0.05) is 19.0 Å². The fourth-order valence-corrected chi connectivity index (χ4v) is 2.40. The molecule has 0 saturated carbocycles. The Balaban J connectivity index is 1.86. The zero-order valence-corrected chi connectivity index (χ0v) is 15.2. The Morgan fingerprint density at radius 2 is 1.88 bits per heavy atom. The molecule has 1 heterocycles. The van der Waals surface area contributed by atoms with Crippen LogP contribution >= 0.6 is 0 Å². The van der Waals surface area contributed by atoms with Crippen LogP contribution in [-0.4, -0.2) is 48.9 Å². The summed E-state index contributed by atoms with van der Waals surface area (Å²) in [4.78, 5) is 24.8. The molecule has 1 atom stereocenters. The summed E-state index contributed by atoms with van der Waals surface area (Å²) in [5, 5.41) is 0. The fourth-order valence-electron chi connectivity index (χ4n) is 2.40. The van der Waals surface area contributed by atoms with Crippen LogP contribution in [0.1, 0.15) is 32.8 Å². The molecule has 1 saturated heterocycles. The van der Waals surface area contributed by atoms with E-state index in [0.29, 0.717) is 13.1 Å². The van der Waals surface area contributed by atoms with Crippen molar-refractivity contribution in [1.29, 1.82) is 0 Å². The highest BCUT2D eigenvalue weighted by molar-refractivity contribution is 5.86. The van der Waals surface area contributed by atoms with E-state index < -0.39 is 11.6 Å². The zero-order chi connectivity index (χ0) is 18.4. The lowest BCUT2D eigenvalue weighted by Gasteiger charge is -2.24. The summed E-state index contributed by atoms with van der Waals surface area (Å²) < 4.78 is 15.9. The molecule has 0 N–H and O–H groups in total. The molecule has 1 aliphatic rings.